The maximum absolute atomic E-state index is 13.3. The minimum absolute atomic E-state index is 0. The van der Waals surface area contributed by atoms with Gasteiger partial charge in [-0.05, 0) is 12.1 Å². The molecule has 22 heteroatoms. The zero-order valence-electron chi connectivity index (χ0n) is 30.8. The zero-order chi connectivity index (χ0) is 39.9. The number of quaternary nitrogens is 1. The summed E-state index contributed by atoms with van der Waals surface area (Å²) in [4.78, 5) is 71.4. The number of β-lactam (4-membered cyclic amide) rings is 1. The molecule has 1 aromatic carbocycles. The SMILES string of the molecule is CC.CNC(=O)c1ccc(O)c(O)c1Cl.COC(=O)C1=C(C[N+]23CCCC2CCC3)CS[C@@H]2C(NC(=O)/C(=N\OCC(=O)[O-])c3nc(N)sc3Cl)C(=O)N12.[Na+]. The van der Waals surface area contributed by atoms with Crippen LogP contribution >= 0.6 is 46.3 Å². The molecule has 0 bridgehead atoms. The van der Waals surface area contributed by atoms with Crippen molar-refractivity contribution in [3.8, 4) is 11.5 Å². The van der Waals surface area contributed by atoms with Crippen molar-refractivity contribution in [2.45, 2.75) is 57.0 Å². The number of anilines is 1. The molecule has 0 saturated carbocycles. The second-order valence-corrected chi connectivity index (χ2v) is 15.3. The van der Waals surface area contributed by atoms with Crippen LogP contribution in [0.15, 0.2) is 28.6 Å². The molecular formula is C33H41Cl2N7NaO10S2+. The molecule has 6 rings (SSSR count). The minimum Gasteiger partial charge on any atom is -0.546 e. The van der Waals surface area contributed by atoms with Gasteiger partial charge in [-0.15, -0.1) is 11.8 Å². The summed E-state index contributed by atoms with van der Waals surface area (Å²) in [6.07, 6.45) is 4.67. The first-order chi connectivity index (χ1) is 25.7. The van der Waals surface area contributed by atoms with E-state index in [0.717, 1.165) is 47.3 Å². The molecule has 4 aliphatic rings. The number of rotatable bonds is 10. The van der Waals surface area contributed by atoms with Gasteiger partial charge in [-0.1, -0.05) is 53.5 Å². The Bertz CT molecular complexity index is 1850. The molecule has 2 aromatic rings. The predicted molar refractivity (Wildman–Crippen MR) is 200 cm³/mol. The van der Waals surface area contributed by atoms with E-state index in [1.165, 1.54) is 55.8 Å². The number of nitrogens with two attached hydrogens (primary N) is 1. The summed E-state index contributed by atoms with van der Waals surface area (Å²) in [6, 6.07) is 2.13. The number of aliphatic carboxylic acids is 1. The number of nitrogens with zero attached hydrogens (tertiary/aromatic N) is 4. The number of carboxylic acid groups (broad SMARTS) is 1. The third-order valence-corrected chi connectivity index (χ3v) is 12.0. The first kappa shape index (κ1) is 46.1. The number of halogens is 2. The summed E-state index contributed by atoms with van der Waals surface area (Å²) in [5, 5.41) is 36.8. The molecule has 6 N–H and O–H groups in total. The first-order valence-electron chi connectivity index (χ1n) is 16.9. The second kappa shape index (κ2) is 20.2. The van der Waals surface area contributed by atoms with Crippen LogP contribution in [0.1, 0.15) is 55.6 Å². The van der Waals surface area contributed by atoms with Crippen LogP contribution in [0, 0.1) is 0 Å². The van der Waals surface area contributed by atoms with E-state index in [2.05, 4.69) is 20.8 Å². The monoisotopic (exact) mass is 852 g/mol. The van der Waals surface area contributed by atoms with E-state index in [1.807, 2.05) is 13.8 Å². The molecule has 0 spiro atoms. The molecule has 2 atom stereocenters. The van der Waals surface area contributed by atoms with Crippen molar-refractivity contribution in [1.29, 1.82) is 0 Å². The van der Waals surface area contributed by atoms with Crippen molar-refractivity contribution in [2.24, 2.45) is 5.16 Å². The summed E-state index contributed by atoms with van der Waals surface area (Å²) in [6.45, 7) is 5.91. The number of aromatic nitrogens is 1. The number of esters is 1. The molecule has 3 saturated heterocycles. The Morgan fingerprint density at radius 3 is 2.38 bits per heavy atom. The number of benzene rings is 1. The number of carbonyl (C=O) groups excluding carboxylic acids is 5. The van der Waals surface area contributed by atoms with Crippen molar-refractivity contribution in [3.63, 3.8) is 0 Å². The summed E-state index contributed by atoms with van der Waals surface area (Å²) >= 11 is 14.1. The minimum atomic E-state index is -1.55. The normalized spacial score (nSPS) is 22.3. The quantitative estimate of drug-likeness (QED) is 0.0351. The number of hydrogen-bond acceptors (Lipinski definition) is 15. The van der Waals surface area contributed by atoms with Crippen LogP contribution in [0.2, 0.25) is 9.36 Å². The van der Waals surface area contributed by atoms with E-state index >= 15 is 0 Å². The van der Waals surface area contributed by atoms with Crippen molar-refractivity contribution in [2.75, 3.05) is 51.9 Å². The topological polar surface area (TPSA) is 246 Å². The molecule has 55 heavy (non-hydrogen) atoms. The molecule has 294 valence electrons. The number of thiazole rings is 1. The van der Waals surface area contributed by atoms with E-state index in [1.54, 1.807) is 0 Å². The van der Waals surface area contributed by atoms with Gasteiger partial charge in [0.1, 0.15) is 33.7 Å². The molecule has 0 aliphatic carbocycles. The van der Waals surface area contributed by atoms with Crippen LogP contribution in [0.4, 0.5) is 5.13 Å². The molecule has 1 aromatic heterocycles. The van der Waals surface area contributed by atoms with Gasteiger partial charge >= 0.3 is 35.5 Å². The van der Waals surface area contributed by atoms with Crippen molar-refractivity contribution in [1.82, 2.24) is 20.5 Å². The fraction of sp³-hybridized carbons (Fsp3) is 0.485. The maximum atomic E-state index is 13.3. The summed E-state index contributed by atoms with van der Waals surface area (Å²) in [7, 11) is 2.73. The molecule has 17 nitrogen and oxygen atoms in total. The number of aromatic hydroxyl groups is 2. The second-order valence-electron chi connectivity index (χ2n) is 12.2. The number of carboxylic acids is 1. The van der Waals surface area contributed by atoms with Gasteiger partial charge in [0.2, 0.25) is 0 Å². The molecule has 3 amide bonds. The molecule has 5 heterocycles. The number of thioether (sulfide) groups is 1. The summed E-state index contributed by atoms with van der Waals surface area (Å²) < 4.78 is 6.05. The number of ether oxygens (including phenoxy) is 1. The largest absolute Gasteiger partial charge is 1.00 e. The third kappa shape index (κ3) is 9.99. The molecule has 3 fully saturated rings. The predicted octanol–water partition coefficient (Wildman–Crippen LogP) is -1.41. The zero-order valence-corrected chi connectivity index (χ0v) is 36.0. The number of oxime groups is 1. The third-order valence-electron chi connectivity index (χ3n) is 9.22. The van der Waals surface area contributed by atoms with Crippen LogP contribution < -0.4 is 51.0 Å². The number of phenols is 2. The number of phenolic OH excluding ortho intramolecular Hbond substituents is 2. The van der Waals surface area contributed by atoms with Crippen LogP contribution in [0.3, 0.4) is 0 Å². The van der Waals surface area contributed by atoms with Crippen LogP contribution in [-0.2, 0) is 28.8 Å². The fourth-order valence-electron chi connectivity index (χ4n) is 6.89. The summed E-state index contributed by atoms with van der Waals surface area (Å²) in [5.74, 6) is -4.21. The average Bonchev–Trinajstić information content (AvgIpc) is 3.84. The van der Waals surface area contributed by atoms with Crippen molar-refractivity contribution >= 4 is 86.8 Å². The Kier molecular flexibility index (Phi) is 16.9. The number of methoxy groups -OCH3 is 1. The van der Waals surface area contributed by atoms with Gasteiger partial charge in [0, 0.05) is 44.1 Å². The van der Waals surface area contributed by atoms with Crippen molar-refractivity contribution < 1.29 is 82.9 Å². The molecule has 0 radical (unpaired) electrons. The Morgan fingerprint density at radius 2 is 1.82 bits per heavy atom. The van der Waals surface area contributed by atoms with Crippen LogP contribution in [0.5, 0.6) is 11.5 Å². The smallest absolute Gasteiger partial charge is 0.546 e. The standard InChI is InChI=1S/C23H27ClN6O7S2.C8H8ClNO3.C2H6.Na/c1-36-22(35)17-11(8-30-6-2-4-12(30)5-3-7-30)10-38-21-16(20(34)29(17)21)26-19(33)15(28-37-9-13(31)32)14-18(24)39-23(25)27-14;1-10-8(13)4-2-3-5(11)7(12)6(4)9;1-2;/h12,16,21H,2-10H2,1H3,(H3-,25,26,27,31,32,33);2-3,11-12H,1H3,(H,10,13);1-2H3;/q;;;+1/b28-15-;;;/t12?,16?,21-,30?;;;/m1.../s1. The van der Waals surface area contributed by atoms with Gasteiger partial charge in [0.05, 0.1) is 42.8 Å². The van der Waals surface area contributed by atoms with Gasteiger partial charge < -0.3 is 50.5 Å². The fourth-order valence-corrected chi connectivity index (χ4v) is 9.40. The molecule has 1 unspecified atom stereocenters. The van der Waals surface area contributed by atoms with Gasteiger partial charge in [-0.3, -0.25) is 19.3 Å². The first-order valence-corrected chi connectivity index (χ1v) is 19.5. The van der Waals surface area contributed by atoms with Gasteiger partial charge in [-0.2, -0.15) is 0 Å². The molecular weight excluding hydrogens is 812 g/mol. The van der Waals surface area contributed by atoms with Crippen LogP contribution in [-0.4, -0.2) is 124 Å². The van der Waals surface area contributed by atoms with Gasteiger partial charge in [0.15, 0.2) is 28.9 Å². The number of hydrogen-bond donors (Lipinski definition) is 5. The Labute approximate surface area is 357 Å². The Hall–Kier alpha value is -3.30. The van der Waals surface area contributed by atoms with Gasteiger partial charge in [-0.25, -0.2) is 9.78 Å². The van der Waals surface area contributed by atoms with E-state index in [-0.39, 0.29) is 66.8 Å². The average molecular weight is 854 g/mol. The Balaban J connectivity index is 0.000000430. The van der Waals surface area contributed by atoms with Crippen molar-refractivity contribution in [3.05, 3.63) is 44.0 Å². The number of fused-ring (bicyclic) bond motifs is 2. The number of amides is 3. The molecule has 4 aliphatic heterocycles. The van der Waals surface area contributed by atoms with E-state index < -0.39 is 59.1 Å². The maximum Gasteiger partial charge on any atom is 1.00 e. The summed E-state index contributed by atoms with van der Waals surface area (Å²) in [5.41, 5.74) is 6.38. The van der Waals surface area contributed by atoms with Crippen LogP contribution in [0.25, 0.3) is 0 Å². The number of carbonyl (C=O) groups is 5. The number of nitrogen functional groups attached to an aromatic ring is 1. The van der Waals surface area contributed by atoms with Gasteiger partial charge in [0.25, 0.3) is 17.7 Å². The van der Waals surface area contributed by atoms with E-state index in [9.17, 15) is 29.1 Å². The van der Waals surface area contributed by atoms with E-state index in [0.29, 0.717) is 18.3 Å². The Morgan fingerprint density at radius 1 is 1.16 bits per heavy atom. The van der Waals surface area contributed by atoms with E-state index in [4.69, 9.17) is 48.7 Å². The number of nitrogens with one attached hydrogen (secondary N) is 2.